The van der Waals surface area contributed by atoms with Crippen LogP contribution in [0.2, 0.25) is 0 Å². The Morgan fingerprint density at radius 2 is 1.58 bits per heavy atom. The normalized spacial score (nSPS) is 14.6. The lowest BCUT2D eigenvalue weighted by Crippen LogP contribution is -2.44. The van der Waals surface area contributed by atoms with Crippen molar-refractivity contribution in [2.24, 2.45) is 0 Å². The highest BCUT2D eigenvalue weighted by Gasteiger charge is 2.16. The average Bonchev–Trinajstić information content (AvgIpc) is 3.18. The molecule has 0 bridgehead atoms. The minimum absolute atomic E-state index is 0.680. The van der Waals surface area contributed by atoms with Crippen molar-refractivity contribution in [3.63, 3.8) is 0 Å². The lowest BCUT2D eigenvalue weighted by molar-refractivity contribution is 0.313. The first-order valence-corrected chi connectivity index (χ1v) is 10.7. The van der Waals surface area contributed by atoms with Gasteiger partial charge in [-0.1, -0.05) is 24.3 Å². The van der Waals surface area contributed by atoms with E-state index in [9.17, 15) is 0 Å². The standard InChI is InChI=1S/C26H25N5/c1-29-14-16-30(17-15-29)23-12-10-22(11-13-23)26-28-24-4-2-3-5-25(24)31(26)19-21-8-6-20(18-27)7-9-21/h2-13H,14-17,19H2,1H3. The van der Waals surface area contributed by atoms with Gasteiger partial charge in [0.15, 0.2) is 0 Å². The second-order valence-electron chi connectivity index (χ2n) is 8.16. The molecule has 0 N–H and O–H groups in total. The summed E-state index contributed by atoms with van der Waals surface area (Å²) in [5, 5.41) is 9.08. The van der Waals surface area contributed by atoms with Gasteiger partial charge in [-0.25, -0.2) is 4.98 Å². The summed E-state index contributed by atoms with van der Waals surface area (Å²) in [6.45, 7) is 5.03. The maximum Gasteiger partial charge on any atom is 0.141 e. The van der Waals surface area contributed by atoms with Crippen LogP contribution in [-0.4, -0.2) is 47.7 Å². The summed E-state index contributed by atoms with van der Waals surface area (Å²) in [6.07, 6.45) is 0. The number of likely N-dealkylation sites (N-methyl/N-ethyl adjacent to an activating group) is 1. The van der Waals surface area contributed by atoms with Crippen LogP contribution in [0.3, 0.4) is 0 Å². The molecule has 31 heavy (non-hydrogen) atoms. The van der Waals surface area contributed by atoms with Gasteiger partial charge in [0.1, 0.15) is 5.82 Å². The molecule has 2 heterocycles. The Morgan fingerprint density at radius 3 is 2.29 bits per heavy atom. The third-order valence-corrected chi connectivity index (χ3v) is 6.07. The highest BCUT2D eigenvalue weighted by Crippen LogP contribution is 2.28. The molecule has 5 nitrogen and oxygen atoms in total. The van der Waals surface area contributed by atoms with Crippen molar-refractivity contribution in [2.45, 2.75) is 6.54 Å². The predicted octanol–water partition coefficient (Wildman–Crippen LogP) is 4.38. The fraction of sp³-hybridized carbons (Fsp3) is 0.231. The Kier molecular flexibility index (Phi) is 5.15. The Labute approximate surface area is 182 Å². The first-order valence-electron chi connectivity index (χ1n) is 10.7. The average molecular weight is 408 g/mol. The zero-order valence-electron chi connectivity index (χ0n) is 17.7. The Morgan fingerprint density at radius 1 is 0.871 bits per heavy atom. The van der Waals surface area contributed by atoms with Gasteiger partial charge in [-0.05, 0) is 61.1 Å². The van der Waals surface area contributed by atoms with Crippen LogP contribution >= 0.6 is 0 Å². The summed E-state index contributed by atoms with van der Waals surface area (Å²) in [5.74, 6) is 0.968. The number of imidazole rings is 1. The molecule has 0 saturated carbocycles. The molecule has 0 spiro atoms. The van der Waals surface area contributed by atoms with Crippen molar-refractivity contribution in [3.05, 3.63) is 83.9 Å². The molecule has 0 unspecified atom stereocenters. The van der Waals surface area contributed by atoms with Gasteiger partial charge in [-0.2, -0.15) is 5.26 Å². The number of rotatable bonds is 4. The topological polar surface area (TPSA) is 48.1 Å². The molecular formula is C26H25N5. The zero-order chi connectivity index (χ0) is 21.2. The van der Waals surface area contributed by atoms with Gasteiger partial charge in [-0.3, -0.25) is 0 Å². The number of fused-ring (bicyclic) bond motifs is 1. The maximum absolute atomic E-state index is 9.08. The van der Waals surface area contributed by atoms with E-state index >= 15 is 0 Å². The summed E-state index contributed by atoms with van der Waals surface area (Å²) < 4.78 is 2.27. The van der Waals surface area contributed by atoms with Crippen LogP contribution in [-0.2, 0) is 6.54 Å². The van der Waals surface area contributed by atoms with Gasteiger partial charge in [-0.15, -0.1) is 0 Å². The second kappa shape index (κ2) is 8.25. The molecule has 1 aliphatic heterocycles. The number of hydrogen-bond acceptors (Lipinski definition) is 4. The van der Waals surface area contributed by atoms with Gasteiger partial charge in [0.05, 0.1) is 22.7 Å². The predicted molar refractivity (Wildman–Crippen MR) is 125 cm³/mol. The van der Waals surface area contributed by atoms with Crippen LogP contribution in [0.5, 0.6) is 0 Å². The lowest BCUT2D eigenvalue weighted by atomic mass is 10.1. The number of benzene rings is 3. The Hall–Kier alpha value is -3.62. The largest absolute Gasteiger partial charge is 0.369 e. The van der Waals surface area contributed by atoms with E-state index in [1.54, 1.807) is 0 Å². The number of aromatic nitrogens is 2. The molecule has 5 rings (SSSR count). The summed E-state index contributed by atoms with van der Waals surface area (Å²) >= 11 is 0. The van der Waals surface area contributed by atoms with E-state index in [0.717, 1.165) is 54.2 Å². The number of para-hydroxylation sites is 2. The van der Waals surface area contributed by atoms with Crippen LogP contribution in [0.25, 0.3) is 22.4 Å². The quantitative estimate of drug-likeness (QED) is 0.504. The van der Waals surface area contributed by atoms with Gasteiger partial charge in [0.25, 0.3) is 0 Å². The summed E-state index contributed by atoms with van der Waals surface area (Å²) in [7, 11) is 2.18. The summed E-state index contributed by atoms with van der Waals surface area (Å²) in [6, 6.07) is 27.0. The lowest BCUT2D eigenvalue weighted by Gasteiger charge is -2.34. The molecule has 1 saturated heterocycles. The SMILES string of the molecule is CN1CCN(c2ccc(-c3nc4ccccc4n3Cc3ccc(C#N)cc3)cc2)CC1. The molecule has 1 aromatic heterocycles. The third-order valence-electron chi connectivity index (χ3n) is 6.07. The third kappa shape index (κ3) is 3.90. The molecule has 3 aromatic carbocycles. The van der Waals surface area contributed by atoms with Gasteiger partial charge in [0, 0.05) is 44.0 Å². The molecule has 154 valence electrons. The summed E-state index contributed by atoms with van der Waals surface area (Å²) in [5.41, 5.74) is 6.32. The Balaban J connectivity index is 1.49. The highest BCUT2D eigenvalue weighted by atomic mass is 15.2. The van der Waals surface area contributed by atoms with Crippen molar-refractivity contribution < 1.29 is 0 Å². The van der Waals surface area contributed by atoms with Crippen LogP contribution in [0, 0.1) is 11.3 Å². The Bertz CT molecular complexity index is 1220. The molecule has 4 aromatic rings. The van der Waals surface area contributed by atoms with E-state index in [1.807, 2.05) is 30.3 Å². The number of hydrogen-bond donors (Lipinski definition) is 0. The number of piperazine rings is 1. The van der Waals surface area contributed by atoms with E-state index in [0.29, 0.717) is 12.1 Å². The van der Waals surface area contributed by atoms with Crippen LogP contribution in [0.15, 0.2) is 72.8 Å². The molecule has 5 heteroatoms. The first-order chi connectivity index (χ1) is 15.2. The summed E-state index contributed by atoms with van der Waals surface area (Å²) in [4.78, 5) is 9.77. The van der Waals surface area contributed by atoms with E-state index in [1.165, 1.54) is 5.69 Å². The maximum atomic E-state index is 9.08. The fourth-order valence-electron chi connectivity index (χ4n) is 4.21. The minimum Gasteiger partial charge on any atom is -0.369 e. The van der Waals surface area contributed by atoms with Gasteiger partial charge in [0.2, 0.25) is 0 Å². The van der Waals surface area contributed by atoms with Crippen LogP contribution in [0.1, 0.15) is 11.1 Å². The smallest absolute Gasteiger partial charge is 0.141 e. The van der Waals surface area contributed by atoms with Crippen molar-refractivity contribution in [3.8, 4) is 17.5 Å². The van der Waals surface area contributed by atoms with E-state index < -0.39 is 0 Å². The van der Waals surface area contributed by atoms with Gasteiger partial charge < -0.3 is 14.4 Å². The van der Waals surface area contributed by atoms with Crippen molar-refractivity contribution in [1.82, 2.24) is 14.5 Å². The molecular weight excluding hydrogens is 382 g/mol. The molecule has 0 aliphatic carbocycles. The molecule has 0 atom stereocenters. The number of nitriles is 1. The molecule has 0 radical (unpaired) electrons. The first kappa shape index (κ1) is 19.3. The van der Waals surface area contributed by atoms with Crippen LogP contribution in [0.4, 0.5) is 5.69 Å². The van der Waals surface area contributed by atoms with E-state index in [-0.39, 0.29) is 0 Å². The van der Waals surface area contributed by atoms with Crippen molar-refractivity contribution in [1.29, 1.82) is 5.26 Å². The van der Waals surface area contributed by atoms with Gasteiger partial charge >= 0.3 is 0 Å². The fourth-order valence-corrected chi connectivity index (χ4v) is 4.21. The van der Waals surface area contributed by atoms with Crippen molar-refractivity contribution in [2.75, 3.05) is 38.1 Å². The zero-order valence-corrected chi connectivity index (χ0v) is 17.7. The van der Waals surface area contributed by atoms with E-state index in [4.69, 9.17) is 10.2 Å². The van der Waals surface area contributed by atoms with E-state index in [2.05, 4.69) is 69.9 Å². The number of nitrogens with zero attached hydrogens (tertiary/aromatic N) is 5. The van der Waals surface area contributed by atoms with Crippen LogP contribution < -0.4 is 4.90 Å². The monoisotopic (exact) mass is 407 g/mol. The second-order valence-corrected chi connectivity index (χ2v) is 8.16. The molecule has 0 amide bonds. The minimum atomic E-state index is 0.680. The molecule has 1 aliphatic rings. The van der Waals surface area contributed by atoms with Crippen molar-refractivity contribution >= 4 is 16.7 Å². The highest BCUT2D eigenvalue weighted by molar-refractivity contribution is 5.81. The molecule has 1 fully saturated rings. The number of anilines is 1.